The summed E-state index contributed by atoms with van der Waals surface area (Å²) < 4.78 is 0. The second kappa shape index (κ2) is 7.02. The number of hydrogen-bond acceptors (Lipinski definition) is 3. The molecule has 1 heterocycles. The first-order valence-corrected chi connectivity index (χ1v) is 12.2. The van der Waals surface area contributed by atoms with E-state index >= 15 is 0 Å². The number of fused-ring (bicyclic) bond motifs is 5. The van der Waals surface area contributed by atoms with E-state index in [-0.39, 0.29) is 5.41 Å². The Hall–Kier alpha value is -1.97. The van der Waals surface area contributed by atoms with Crippen molar-refractivity contribution in [2.24, 2.45) is 23.0 Å². The van der Waals surface area contributed by atoms with E-state index < -0.39 is 5.60 Å². The second-order valence-corrected chi connectivity index (χ2v) is 10.9. The number of aliphatic hydroxyl groups is 1. The number of pyridine rings is 1. The van der Waals surface area contributed by atoms with Gasteiger partial charge in [-0.3, -0.25) is 4.98 Å². The second-order valence-electron chi connectivity index (χ2n) is 10.9. The minimum absolute atomic E-state index is 0.0958. The van der Waals surface area contributed by atoms with Gasteiger partial charge in [-0.2, -0.15) is 0 Å². The largest absolute Gasteiger partial charge is 0.385 e. The smallest absolute Gasteiger partial charge is 0.0927 e. The lowest BCUT2D eigenvalue weighted by Gasteiger charge is -2.49. The molecule has 4 aliphatic rings. The van der Waals surface area contributed by atoms with Gasteiger partial charge in [-0.25, -0.2) is 0 Å². The third-order valence-corrected chi connectivity index (χ3v) is 9.37. The zero-order valence-corrected chi connectivity index (χ0v) is 18.6. The Labute approximate surface area is 185 Å². The normalized spacial score (nSPS) is 39.7. The van der Waals surface area contributed by atoms with Crippen molar-refractivity contribution in [1.29, 1.82) is 0 Å². The van der Waals surface area contributed by atoms with Crippen molar-refractivity contribution >= 4 is 10.8 Å². The number of benzene rings is 1. The Morgan fingerprint density at radius 2 is 2.00 bits per heavy atom. The minimum atomic E-state index is -0.686. The van der Waals surface area contributed by atoms with Crippen molar-refractivity contribution in [3.8, 4) is 0 Å². The quantitative estimate of drug-likeness (QED) is 0.634. The van der Waals surface area contributed by atoms with Crippen molar-refractivity contribution < 1.29 is 5.11 Å². The van der Waals surface area contributed by atoms with Crippen LogP contribution >= 0.6 is 0 Å². The number of hydrogen-bond donors (Lipinski definition) is 2. The van der Waals surface area contributed by atoms with Crippen LogP contribution in [0.4, 0.5) is 0 Å². The average molecular weight is 415 g/mol. The summed E-state index contributed by atoms with van der Waals surface area (Å²) in [6, 6.07) is 9.31. The molecule has 5 unspecified atom stereocenters. The summed E-state index contributed by atoms with van der Waals surface area (Å²) in [5.74, 6) is 1.37. The van der Waals surface area contributed by atoms with Crippen LogP contribution in [0.1, 0.15) is 69.8 Å². The van der Waals surface area contributed by atoms with Gasteiger partial charge in [0.05, 0.1) is 5.60 Å². The maximum absolute atomic E-state index is 12.2. The summed E-state index contributed by atoms with van der Waals surface area (Å²) in [5.41, 5.74) is 9.88. The molecule has 1 aromatic heterocycles. The molecule has 0 aliphatic heterocycles. The number of rotatable bonds is 1. The highest BCUT2D eigenvalue weighted by Crippen LogP contribution is 2.63. The molecule has 3 nitrogen and oxygen atoms in total. The van der Waals surface area contributed by atoms with E-state index in [0.29, 0.717) is 23.8 Å². The van der Waals surface area contributed by atoms with Gasteiger partial charge >= 0.3 is 0 Å². The maximum Gasteiger partial charge on any atom is 0.0927 e. The van der Waals surface area contributed by atoms with E-state index in [0.717, 1.165) is 51.4 Å². The average Bonchev–Trinajstić information content (AvgIpc) is 3.06. The molecule has 3 heteroatoms. The zero-order chi connectivity index (χ0) is 21.2. The van der Waals surface area contributed by atoms with Crippen molar-refractivity contribution in [3.05, 3.63) is 65.5 Å². The van der Waals surface area contributed by atoms with Crippen molar-refractivity contribution in [1.82, 2.24) is 4.98 Å². The lowest BCUT2D eigenvalue weighted by atomic mass is 9.58. The number of allylic oxidation sites excluding steroid dienone is 2. The van der Waals surface area contributed by atoms with Crippen molar-refractivity contribution in [2.75, 3.05) is 0 Å². The third-order valence-electron chi connectivity index (χ3n) is 9.37. The topological polar surface area (TPSA) is 59.1 Å². The van der Waals surface area contributed by atoms with Crippen LogP contribution in [0, 0.1) is 17.3 Å². The molecule has 6 atom stereocenters. The van der Waals surface area contributed by atoms with Crippen LogP contribution < -0.4 is 5.73 Å². The predicted octanol–water partition coefficient (Wildman–Crippen LogP) is 5.64. The molecule has 6 rings (SSSR count). The highest BCUT2D eigenvalue weighted by atomic mass is 16.3. The molecule has 31 heavy (non-hydrogen) atoms. The van der Waals surface area contributed by atoms with Crippen molar-refractivity contribution in [3.63, 3.8) is 0 Å². The molecule has 2 saturated carbocycles. The third kappa shape index (κ3) is 2.97. The van der Waals surface area contributed by atoms with Crippen LogP contribution in [-0.4, -0.2) is 21.7 Å². The molecule has 0 saturated heterocycles. The SMILES string of the molecule is CC12CC=C3C=C4CCC(N)CC4CC[C@]3(O)C1CCC2c1ccc2ccncc2c1. The Kier molecular flexibility index (Phi) is 4.46. The van der Waals surface area contributed by atoms with Gasteiger partial charge in [0.25, 0.3) is 0 Å². The number of nitrogens with zero attached hydrogens (tertiary/aromatic N) is 1. The molecule has 3 N–H and O–H groups in total. The number of nitrogens with two attached hydrogens (primary N) is 1. The van der Waals surface area contributed by atoms with Crippen LogP contribution in [0.15, 0.2) is 60.0 Å². The highest BCUT2D eigenvalue weighted by molar-refractivity contribution is 5.82. The van der Waals surface area contributed by atoms with Crippen LogP contribution in [0.2, 0.25) is 0 Å². The first-order valence-electron chi connectivity index (χ1n) is 12.2. The van der Waals surface area contributed by atoms with E-state index in [1.54, 1.807) is 5.57 Å². The summed E-state index contributed by atoms with van der Waals surface area (Å²) in [6.07, 6.45) is 17.2. The predicted molar refractivity (Wildman–Crippen MR) is 126 cm³/mol. The van der Waals surface area contributed by atoms with E-state index in [1.807, 2.05) is 12.4 Å². The van der Waals surface area contributed by atoms with Gasteiger partial charge in [0, 0.05) is 23.8 Å². The minimum Gasteiger partial charge on any atom is -0.385 e. The summed E-state index contributed by atoms with van der Waals surface area (Å²) >= 11 is 0. The number of aromatic nitrogens is 1. The lowest BCUT2D eigenvalue weighted by molar-refractivity contribution is -0.0473. The highest BCUT2D eigenvalue weighted by Gasteiger charge is 2.58. The molecule has 4 aliphatic carbocycles. The van der Waals surface area contributed by atoms with E-state index in [1.165, 1.54) is 21.9 Å². The standard InChI is InChI=1S/C28H34N2O/c1-27-11-9-23-15-19-4-5-24(29)16-20(19)8-12-28(23,31)26(27)7-6-25(27)21-3-2-18-10-13-30-17-22(18)14-21/h2-3,9-10,13-15,17,20,24-26,31H,4-8,11-12,16,29H2,1H3/t20?,24?,25?,26?,27?,28-/m1/s1. The molecule has 0 bridgehead atoms. The van der Waals surface area contributed by atoms with E-state index in [9.17, 15) is 5.11 Å². The van der Waals surface area contributed by atoms with Crippen LogP contribution in [0.3, 0.4) is 0 Å². The van der Waals surface area contributed by atoms with Crippen LogP contribution in [0.25, 0.3) is 10.8 Å². The Balaban J connectivity index is 1.36. The molecule has 162 valence electrons. The fourth-order valence-electron chi connectivity index (χ4n) is 7.66. The lowest BCUT2D eigenvalue weighted by Crippen LogP contribution is -2.49. The molecule has 2 fully saturated rings. The van der Waals surface area contributed by atoms with Gasteiger partial charge in [0.1, 0.15) is 0 Å². The molecular formula is C28H34N2O. The van der Waals surface area contributed by atoms with Gasteiger partial charge in [-0.15, -0.1) is 0 Å². The molecule has 2 aromatic rings. The molecule has 0 spiro atoms. The van der Waals surface area contributed by atoms with E-state index in [4.69, 9.17) is 5.73 Å². The first kappa shape index (κ1) is 19.7. The Bertz CT molecular complexity index is 1090. The zero-order valence-electron chi connectivity index (χ0n) is 18.6. The van der Waals surface area contributed by atoms with Crippen LogP contribution in [-0.2, 0) is 0 Å². The fourth-order valence-corrected chi connectivity index (χ4v) is 7.66. The van der Waals surface area contributed by atoms with E-state index in [2.05, 4.69) is 48.3 Å². The Morgan fingerprint density at radius 3 is 2.90 bits per heavy atom. The van der Waals surface area contributed by atoms with Gasteiger partial charge in [-0.05, 0) is 103 Å². The summed E-state index contributed by atoms with van der Waals surface area (Å²) in [5, 5.41) is 14.7. The van der Waals surface area contributed by atoms with Gasteiger partial charge in [0.2, 0.25) is 0 Å². The van der Waals surface area contributed by atoms with Crippen molar-refractivity contribution in [2.45, 2.75) is 75.9 Å². The summed E-state index contributed by atoms with van der Waals surface area (Å²) in [6.45, 7) is 2.44. The van der Waals surface area contributed by atoms with Gasteiger partial charge < -0.3 is 10.8 Å². The summed E-state index contributed by atoms with van der Waals surface area (Å²) in [4.78, 5) is 4.33. The molecule has 0 radical (unpaired) electrons. The Morgan fingerprint density at radius 1 is 1.10 bits per heavy atom. The van der Waals surface area contributed by atoms with Crippen LogP contribution in [0.5, 0.6) is 0 Å². The molecule has 1 aromatic carbocycles. The molecular weight excluding hydrogens is 380 g/mol. The van der Waals surface area contributed by atoms with Gasteiger partial charge in [-0.1, -0.05) is 36.8 Å². The monoisotopic (exact) mass is 414 g/mol. The summed E-state index contributed by atoms with van der Waals surface area (Å²) in [7, 11) is 0. The van der Waals surface area contributed by atoms with Gasteiger partial charge in [0.15, 0.2) is 0 Å². The molecule has 0 amide bonds. The first-order chi connectivity index (χ1) is 15.0. The maximum atomic E-state index is 12.2. The fraction of sp³-hybridized carbons (Fsp3) is 0.536.